The Labute approximate surface area is 159 Å². The highest BCUT2D eigenvalue weighted by Crippen LogP contribution is 2.06. The van der Waals surface area contributed by atoms with Crippen molar-refractivity contribution in [1.82, 2.24) is 34.9 Å². The molecule has 0 unspecified atom stereocenters. The molecule has 0 aliphatic carbocycles. The smallest absolute Gasteiger partial charge is 0.191 e. The van der Waals surface area contributed by atoms with Crippen LogP contribution in [0.15, 0.2) is 48.1 Å². The number of hydrogen-bond acceptors (Lipinski definition) is 4. The Morgan fingerprint density at radius 1 is 1.19 bits per heavy atom. The van der Waals surface area contributed by atoms with Crippen molar-refractivity contribution in [3.63, 3.8) is 0 Å². The molecule has 3 heterocycles. The predicted octanol–water partition coefficient (Wildman–Crippen LogP) is 1.84. The van der Waals surface area contributed by atoms with Gasteiger partial charge in [-0.15, -0.1) is 0 Å². The van der Waals surface area contributed by atoms with E-state index in [9.17, 15) is 0 Å². The van der Waals surface area contributed by atoms with Gasteiger partial charge in [0.25, 0.3) is 0 Å². The van der Waals surface area contributed by atoms with Crippen molar-refractivity contribution in [3.05, 3.63) is 60.1 Å². The fourth-order valence-corrected chi connectivity index (χ4v) is 2.85. The summed E-state index contributed by atoms with van der Waals surface area (Å²) in [6.45, 7) is 6.49. The summed E-state index contributed by atoms with van der Waals surface area (Å²) in [4.78, 5) is 12.7. The molecule has 0 saturated heterocycles. The molecule has 2 N–H and O–H groups in total. The van der Waals surface area contributed by atoms with Gasteiger partial charge in [0.15, 0.2) is 5.96 Å². The van der Waals surface area contributed by atoms with Gasteiger partial charge in [0.05, 0.1) is 5.69 Å². The van der Waals surface area contributed by atoms with Gasteiger partial charge in [0, 0.05) is 51.0 Å². The van der Waals surface area contributed by atoms with Crippen LogP contribution in [0, 0.1) is 13.8 Å². The number of nitrogens with zero attached hydrogens (tertiary/aromatic N) is 6. The molecule has 0 aliphatic rings. The van der Waals surface area contributed by atoms with Crippen LogP contribution in [-0.4, -0.2) is 43.9 Å². The Bertz CT molecular complexity index is 879. The van der Waals surface area contributed by atoms with Gasteiger partial charge >= 0.3 is 0 Å². The van der Waals surface area contributed by atoms with Crippen LogP contribution in [0.25, 0.3) is 5.82 Å². The van der Waals surface area contributed by atoms with Crippen molar-refractivity contribution in [2.75, 3.05) is 13.6 Å². The molecule has 8 nitrogen and oxygen atoms in total. The van der Waals surface area contributed by atoms with E-state index in [1.807, 2.05) is 34.5 Å². The van der Waals surface area contributed by atoms with E-state index in [1.165, 1.54) is 5.69 Å². The van der Waals surface area contributed by atoms with Gasteiger partial charge in [-0.25, -0.2) is 9.97 Å². The van der Waals surface area contributed by atoms with Crippen LogP contribution in [0.5, 0.6) is 0 Å². The Morgan fingerprint density at radius 3 is 2.78 bits per heavy atom. The molecule has 3 aromatic heterocycles. The van der Waals surface area contributed by atoms with Crippen molar-refractivity contribution in [3.8, 4) is 5.82 Å². The molecule has 27 heavy (non-hydrogen) atoms. The molecule has 0 amide bonds. The summed E-state index contributed by atoms with van der Waals surface area (Å²) in [5.74, 6) is 1.63. The van der Waals surface area contributed by atoms with Crippen molar-refractivity contribution in [2.24, 2.45) is 4.99 Å². The molecular weight excluding hydrogens is 340 g/mol. The highest BCUT2D eigenvalue weighted by molar-refractivity contribution is 5.79. The maximum atomic E-state index is 4.48. The summed E-state index contributed by atoms with van der Waals surface area (Å²) in [5.41, 5.74) is 3.38. The zero-order chi connectivity index (χ0) is 19.1. The standard InChI is InChI=1S/C19H26N8/c1-15-11-16(2)27(25-15)9-4-6-23-19(20-3)24-13-17-5-7-22-18(12-17)26-10-8-21-14-26/h5,7-8,10-12,14H,4,6,9,13H2,1-3H3,(H2,20,23,24). The monoisotopic (exact) mass is 366 g/mol. The topological polar surface area (TPSA) is 85.0 Å². The van der Waals surface area contributed by atoms with Gasteiger partial charge in [-0.05, 0) is 44.0 Å². The van der Waals surface area contributed by atoms with Crippen molar-refractivity contribution >= 4 is 5.96 Å². The van der Waals surface area contributed by atoms with Gasteiger partial charge in [-0.1, -0.05) is 0 Å². The first kappa shape index (κ1) is 18.6. The van der Waals surface area contributed by atoms with E-state index in [1.54, 1.807) is 25.8 Å². The number of aryl methyl sites for hydroxylation is 3. The number of imidazole rings is 1. The van der Waals surface area contributed by atoms with Crippen LogP contribution in [-0.2, 0) is 13.1 Å². The van der Waals surface area contributed by atoms with Gasteiger partial charge in [-0.2, -0.15) is 5.10 Å². The van der Waals surface area contributed by atoms with E-state index in [2.05, 4.69) is 43.7 Å². The molecule has 0 fully saturated rings. The third-order valence-corrected chi connectivity index (χ3v) is 4.20. The minimum Gasteiger partial charge on any atom is -0.356 e. The van der Waals surface area contributed by atoms with E-state index < -0.39 is 0 Å². The fourth-order valence-electron chi connectivity index (χ4n) is 2.85. The molecule has 142 valence electrons. The number of pyridine rings is 1. The van der Waals surface area contributed by atoms with E-state index in [-0.39, 0.29) is 0 Å². The second-order valence-corrected chi connectivity index (χ2v) is 6.35. The minimum absolute atomic E-state index is 0.668. The summed E-state index contributed by atoms with van der Waals surface area (Å²) in [6, 6.07) is 6.12. The minimum atomic E-state index is 0.668. The molecular formula is C19H26N8. The highest BCUT2D eigenvalue weighted by atomic mass is 15.3. The maximum absolute atomic E-state index is 4.48. The molecule has 0 atom stereocenters. The van der Waals surface area contributed by atoms with Crippen LogP contribution in [0.1, 0.15) is 23.4 Å². The van der Waals surface area contributed by atoms with E-state index in [4.69, 9.17) is 0 Å². The number of aromatic nitrogens is 5. The van der Waals surface area contributed by atoms with Crippen LogP contribution in [0.3, 0.4) is 0 Å². The van der Waals surface area contributed by atoms with Crippen molar-refractivity contribution in [1.29, 1.82) is 0 Å². The lowest BCUT2D eigenvalue weighted by Crippen LogP contribution is -2.37. The summed E-state index contributed by atoms with van der Waals surface area (Å²) in [6.07, 6.45) is 8.13. The number of nitrogens with one attached hydrogen (secondary N) is 2. The number of guanidine groups is 1. The third kappa shape index (κ3) is 5.16. The van der Waals surface area contributed by atoms with E-state index in [0.29, 0.717) is 6.54 Å². The molecule has 3 rings (SSSR count). The summed E-state index contributed by atoms with van der Waals surface area (Å²) >= 11 is 0. The Hall–Kier alpha value is -3.16. The van der Waals surface area contributed by atoms with Crippen LogP contribution in [0.4, 0.5) is 0 Å². The zero-order valence-corrected chi connectivity index (χ0v) is 16.1. The lowest BCUT2D eigenvalue weighted by atomic mass is 10.2. The maximum Gasteiger partial charge on any atom is 0.191 e. The Morgan fingerprint density at radius 2 is 2.07 bits per heavy atom. The molecule has 0 spiro atoms. The average Bonchev–Trinajstić information content (AvgIpc) is 3.31. The lowest BCUT2D eigenvalue weighted by Gasteiger charge is -2.13. The first-order valence-corrected chi connectivity index (χ1v) is 9.04. The molecule has 0 aliphatic heterocycles. The Balaban J connectivity index is 1.45. The summed E-state index contributed by atoms with van der Waals surface area (Å²) in [5, 5.41) is 11.2. The van der Waals surface area contributed by atoms with Crippen LogP contribution in [0.2, 0.25) is 0 Å². The highest BCUT2D eigenvalue weighted by Gasteiger charge is 2.03. The van der Waals surface area contributed by atoms with Crippen LogP contribution < -0.4 is 10.6 Å². The van der Waals surface area contributed by atoms with E-state index >= 15 is 0 Å². The first-order chi connectivity index (χ1) is 13.2. The average molecular weight is 366 g/mol. The van der Waals surface area contributed by atoms with Gasteiger partial charge < -0.3 is 10.6 Å². The number of rotatable bonds is 7. The SMILES string of the molecule is CN=C(NCCCn1nc(C)cc1C)NCc1ccnc(-n2ccnc2)c1. The molecule has 0 saturated carbocycles. The quantitative estimate of drug-likeness (QED) is 0.379. The first-order valence-electron chi connectivity index (χ1n) is 9.04. The van der Waals surface area contributed by atoms with Gasteiger partial charge in [0.1, 0.15) is 12.1 Å². The van der Waals surface area contributed by atoms with Crippen molar-refractivity contribution < 1.29 is 0 Å². The van der Waals surface area contributed by atoms with Crippen LogP contribution >= 0.6 is 0 Å². The lowest BCUT2D eigenvalue weighted by molar-refractivity contribution is 0.555. The van der Waals surface area contributed by atoms with Crippen molar-refractivity contribution in [2.45, 2.75) is 33.4 Å². The van der Waals surface area contributed by atoms with Gasteiger partial charge in [-0.3, -0.25) is 14.2 Å². The second-order valence-electron chi connectivity index (χ2n) is 6.35. The predicted molar refractivity (Wildman–Crippen MR) is 106 cm³/mol. The summed E-state index contributed by atoms with van der Waals surface area (Å²) in [7, 11) is 1.78. The Kier molecular flexibility index (Phi) is 6.19. The number of hydrogen-bond donors (Lipinski definition) is 2. The molecule has 0 radical (unpaired) electrons. The molecule has 0 aromatic carbocycles. The van der Waals surface area contributed by atoms with Gasteiger partial charge in [0.2, 0.25) is 0 Å². The molecule has 3 aromatic rings. The fraction of sp³-hybridized carbons (Fsp3) is 0.368. The summed E-state index contributed by atoms with van der Waals surface area (Å²) < 4.78 is 3.93. The molecule has 8 heteroatoms. The number of aliphatic imine (C=N–C) groups is 1. The zero-order valence-electron chi connectivity index (χ0n) is 16.1. The normalized spacial score (nSPS) is 11.6. The molecule has 0 bridgehead atoms. The second kappa shape index (κ2) is 8.98. The van der Waals surface area contributed by atoms with E-state index in [0.717, 1.165) is 42.5 Å². The third-order valence-electron chi connectivity index (χ3n) is 4.20. The largest absolute Gasteiger partial charge is 0.356 e.